The van der Waals surface area contributed by atoms with Gasteiger partial charge in [0.25, 0.3) is 0 Å². The quantitative estimate of drug-likeness (QED) is 0.631. The molecular formula is C21H26N4O4. The Hall–Kier alpha value is -2.87. The molecular weight excluding hydrogens is 372 g/mol. The van der Waals surface area contributed by atoms with Crippen molar-refractivity contribution in [3.63, 3.8) is 0 Å². The molecule has 2 fully saturated rings. The summed E-state index contributed by atoms with van der Waals surface area (Å²) in [5.41, 5.74) is 2.42. The molecule has 1 aromatic heterocycles. The van der Waals surface area contributed by atoms with E-state index < -0.39 is 5.97 Å². The summed E-state index contributed by atoms with van der Waals surface area (Å²) in [6.07, 6.45) is 7.06. The molecule has 2 saturated carbocycles. The summed E-state index contributed by atoms with van der Waals surface area (Å²) in [6.45, 7) is 2.84. The van der Waals surface area contributed by atoms with Crippen molar-refractivity contribution in [2.75, 3.05) is 18.4 Å². The van der Waals surface area contributed by atoms with Gasteiger partial charge < -0.3 is 20.2 Å². The first-order valence-electron chi connectivity index (χ1n) is 10.0. The predicted octanol–water partition coefficient (Wildman–Crippen LogP) is 3.10. The highest BCUT2D eigenvalue weighted by Gasteiger charge is 2.37. The molecule has 2 aromatic rings. The first-order chi connectivity index (χ1) is 14.0. The second-order valence-corrected chi connectivity index (χ2v) is 8.00. The van der Waals surface area contributed by atoms with Crippen LogP contribution in [0.4, 0.5) is 10.5 Å². The van der Waals surface area contributed by atoms with Crippen LogP contribution in [-0.2, 0) is 4.79 Å². The lowest BCUT2D eigenvalue weighted by Crippen LogP contribution is -2.55. The number of carboxylic acid groups (broad SMARTS) is 1. The number of carbonyl (C=O) groups excluding carboxylic acids is 1. The van der Waals surface area contributed by atoms with Gasteiger partial charge in [0.15, 0.2) is 0 Å². The minimum atomic E-state index is -0.791. The van der Waals surface area contributed by atoms with Crippen LogP contribution in [0.3, 0.4) is 0 Å². The molecule has 0 bridgehead atoms. The standard InChI is InChI=1S/C21H26N4O4/c1-13-17(20-22-7-8-29-20)3-2-4-18(13)24-21(28)23-15-9-16(10-15)25(12-19(26)27)11-14-5-6-14/h2-4,7-8,14-16H,5-6,9-12H2,1H3,(H,26,27)(H2,23,24,28). The van der Waals surface area contributed by atoms with Gasteiger partial charge in [-0.3, -0.25) is 9.69 Å². The van der Waals surface area contributed by atoms with Crippen LogP contribution in [0, 0.1) is 12.8 Å². The van der Waals surface area contributed by atoms with E-state index >= 15 is 0 Å². The molecule has 0 radical (unpaired) electrons. The van der Waals surface area contributed by atoms with Gasteiger partial charge in [0.2, 0.25) is 5.89 Å². The molecule has 0 spiro atoms. The molecule has 3 N–H and O–H groups in total. The molecule has 0 saturated heterocycles. The first-order valence-corrected chi connectivity index (χ1v) is 10.0. The molecule has 0 aliphatic heterocycles. The van der Waals surface area contributed by atoms with Crippen molar-refractivity contribution in [2.24, 2.45) is 5.92 Å². The predicted molar refractivity (Wildman–Crippen MR) is 108 cm³/mol. The fourth-order valence-electron chi connectivity index (χ4n) is 3.86. The minimum Gasteiger partial charge on any atom is -0.480 e. The summed E-state index contributed by atoms with van der Waals surface area (Å²) >= 11 is 0. The lowest BCUT2D eigenvalue weighted by molar-refractivity contribution is -0.139. The number of carbonyl (C=O) groups is 2. The zero-order valence-electron chi connectivity index (χ0n) is 16.4. The highest BCUT2D eigenvalue weighted by atomic mass is 16.4. The van der Waals surface area contributed by atoms with Crippen LogP contribution >= 0.6 is 0 Å². The number of benzene rings is 1. The molecule has 8 heteroatoms. The van der Waals surface area contributed by atoms with E-state index in [0.29, 0.717) is 17.5 Å². The molecule has 1 heterocycles. The molecule has 1 aromatic carbocycles. The number of nitrogens with one attached hydrogen (secondary N) is 2. The van der Waals surface area contributed by atoms with E-state index in [4.69, 9.17) is 9.52 Å². The smallest absolute Gasteiger partial charge is 0.319 e. The monoisotopic (exact) mass is 398 g/mol. The average Bonchev–Trinajstić information content (AvgIpc) is 3.28. The lowest BCUT2D eigenvalue weighted by atomic mass is 9.85. The van der Waals surface area contributed by atoms with Gasteiger partial charge in [-0.15, -0.1) is 0 Å². The summed E-state index contributed by atoms with van der Waals surface area (Å²) in [6, 6.07) is 5.63. The number of aliphatic carboxylic acids is 1. The second-order valence-electron chi connectivity index (χ2n) is 8.00. The maximum Gasteiger partial charge on any atom is 0.319 e. The van der Waals surface area contributed by atoms with Crippen molar-refractivity contribution in [1.82, 2.24) is 15.2 Å². The molecule has 154 valence electrons. The average molecular weight is 398 g/mol. The van der Waals surface area contributed by atoms with E-state index in [2.05, 4.69) is 20.5 Å². The van der Waals surface area contributed by atoms with E-state index in [-0.39, 0.29) is 24.7 Å². The lowest BCUT2D eigenvalue weighted by Gasteiger charge is -2.42. The van der Waals surface area contributed by atoms with Crippen LogP contribution in [0.1, 0.15) is 31.2 Å². The molecule has 2 aliphatic rings. The third-order valence-corrected chi connectivity index (χ3v) is 5.74. The maximum absolute atomic E-state index is 12.4. The molecule has 29 heavy (non-hydrogen) atoms. The molecule has 2 amide bonds. The first kappa shape index (κ1) is 19.4. The van der Waals surface area contributed by atoms with Gasteiger partial charge in [-0.1, -0.05) is 6.07 Å². The van der Waals surface area contributed by atoms with E-state index in [0.717, 1.165) is 30.5 Å². The number of carboxylic acids is 1. The minimum absolute atomic E-state index is 0.0609. The van der Waals surface area contributed by atoms with Crippen LogP contribution in [0.15, 0.2) is 35.1 Å². The SMILES string of the molecule is Cc1c(NC(=O)NC2CC(N(CC(=O)O)CC3CC3)C2)cccc1-c1ncco1. The van der Waals surface area contributed by atoms with Gasteiger partial charge in [-0.25, -0.2) is 9.78 Å². The van der Waals surface area contributed by atoms with E-state index in [9.17, 15) is 9.59 Å². The second kappa shape index (κ2) is 8.24. The summed E-state index contributed by atoms with van der Waals surface area (Å²) < 4.78 is 5.36. The van der Waals surface area contributed by atoms with E-state index in [1.54, 1.807) is 6.20 Å². The summed E-state index contributed by atoms with van der Waals surface area (Å²) in [7, 11) is 0. The summed E-state index contributed by atoms with van der Waals surface area (Å²) in [4.78, 5) is 29.8. The van der Waals surface area contributed by atoms with Crippen molar-refractivity contribution in [2.45, 2.75) is 44.7 Å². The number of hydrogen-bond acceptors (Lipinski definition) is 5. The Morgan fingerprint density at radius 1 is 1.31 bits per heavy atom. The number of rotatable bonds is 8. The largest absolute Gasteiger partial charge is 0.480 e. The summed E-state index contributed by atoms with van der Waals surface area (Å²) in [5, 5.41) is 15.0. The van der Waals surface area contributed by atoms with E-state index in [1.807, 2.05) is 25.1 Å². The molecule has 2 aliphatic carbocycles. The Morgan fingerprint density at radius 3 is 2.76 bits per heavy atom. The van der Waals surface area contributed by atoms with Crippen LogP contribution < -0.4 is 10.6 Å². The fraction of sp³-hybridized carbons (Fsp3) is 0.476. The molecule has 0 unspecified atom stereocenters. The van der Waals surface area contributed by atoms with Crippen molar-refractivity contribution in [3.8, 4) is 11.5 Å². The van der Waals surface area contributed by atoms with Crippen LogP contribution in [0.25, 0.3) is 11.5 Å². The number of hydrogen-bond donors (Lipinski definition) is 3. The van der Waals surface area contributed by atoms with E-state index in [1.165, 1.54) is 19.1 Å². The Balaban J connectivity index is 1.30. The van der Waals surface area contributed by atoms with Crippen LogP contribution in [0.5, 0.6) is 0 Å². The molecule has 4 rings (SSSR count). The van der Waals surface area contributed by atoms with Crippen molar-refractivity contribution < 1.29 is 19.1 Å². The Labute approximate surface area is 169 Å². The number of anilines is 1. The van der Waals surface area contributed by atoms with Gasteiger partial charge in [0.05, 0.1) is 12.7 Å². The van der Waals surface area contributed by atoms with Gasteiger partial charge >= 0.3 is 12.0 Å². The maximum atomic E-state index is 12.4. The van der Waals surface area contributed by atoms with Gasteiger partial charge in [-0.05, 0) is 56.2 Å². The number of nitrogens with zero attached hydrogens (tertiary/aromatic N) is 2. The number of aromatic nitrogens is 1. The normalized spacial score (nSPS) is 20.9. The molecule has 0 atom stereocenters. The van der Waals surface area contributed by atoms with Crippen LogP contribution in [0.2, 0.25) is 0 Å². The summed E-state index contributed by atoms with van der Waals surface area (Å²) in [5.74, 6) is 0.368. The van der Waals surface area contributed by atoms with Gasteiger partial charge in [-0.2, -0.15) is 0 Å². The number of oxazole rings is 1. The fourth-order valence-corrected chi connectivity index (χ4v) is 3.86. The Bertz CT molecular complexity index is 873. The Morgan fingerprint density at radius 2 is 2.10 bits per heavy atom. The topological polar surface area (TPSA) is 108 Å². The van der Waals surface area contributed by atoms with Crippen molar-refractivity contribution >= 4 is 17.7 Å². The van der Waals surface area contributed by atoms with Crippen LogP contribution in [-0.4, -0.2) is 52.2 Å². The van der Waals surface area contributed by atoms with Crippen molar-refractivity contribution in [3.05, 3.63) is 36.2 Å². The third kappa shape index (κ3) is 4.76. The zero-order valence-corrected chi connectivity index (χ0v) is 16.4. The van der Waals surface area contributed by atoms with Gasteiger partial charge in [0, 0.05) is 29.9 Å². The Kier molecular flexibility index (Phi) is 5.53. The highest BCUT2D eigenvalue weighted by molar-refractivity contribution is 5.91. The molecule has 8 nitrogen and oxygen atoms in total. The zero-order chi connectivity index (χ0) is 20.4. The number of urea groups is 1. The van der Waals surface area contributed by atoms with Gasteiger partial charge in [0.1, 0.15) is 6.26 Å². The highest BCUT2D eigenvalue weighted by Crippen LogP contribution is 2.34. The third-order valence-electron chi connectivity index (χ3n) is 5.74. The van der Waals surface area contributed by atoms with Crippen molar-refractivity contribution in [1.29, 1.82) is 0 Å². The number of amides is 2.